The highest BCUT2D eigenvalue weighted by Gasteiger charge is 2.69. The van der Waals surface area contributed by atoms with E-state index in [1.165, 1.54) is 38.5 Å². The number of hydrogen-bond acceptors (Lipinski definition) is 8. The summed E-state index contributed by atoms with van der Waals surface area (Å²) in [6, 6.07) is 0. The summed E-state index contributed by atoms with van der Waals surface area (Å²) in [4.78, 5) is 0. The number of fused-ring (bicyclic) bond motifs is 7. The Hall–Kier alpha value is -0.320. The van der Waals surface area contributed by atoms with E-state index >= 15 is 0 Å². The Morgan fingerprint density at radius 2 is 1.61 bits per heavy atom. The molecule has 41 heavy (non-hydrogen) atoms. The Morgan fingerprint density at radius 3 is 2.34 bits per heavy atom. The summed E-state index contributed by atoms with van der Waals surface area (Å²) in [7, 11) is 0. The first-order valence-corrected chi connectivity index (χ1v) is 16.8. The first kappa shape index (κ1) is 29.4. The zero-order valence-electron chi connectivity index (χ0n) is 25.5. The smallest absolute Gasteiger partial charge is 0.186 e. The van der Waals surface area contributed by atoms with Gasteiger partial charge in [-0.05, 0) is 104 Å². The van der Waals surface area contributed by atoms with Crippen LogP contribution in [0.4, 0.5) is 0 Å². The van der Waals surface area contributed by atoms with Crippen molar-refractivity contribution in [2.24, 2.45) is 52.3 Å². The average Bonchev–Trinajstić information content (AvgIpc) is 3.40. The summed E-state index contributed by atoms with van der Waals surface area (Å²) in [6.45, 7) is 10.3. The highest BCUT2D eigenvalue weighted by Crippen LogP contribution is 2.71. The summed E-state index contributed by atoms with van der Waals surface area (Å²) in [5, 5.41) is 40.4. The maximum Gasteiger partial charge on any atom is 0.186 e. The van der Waals surface area contributed by atoms with E-state index in [2.05, 4.69) is 27.7 Å². The normalized spacial score (nSPS) is 60.3. The van der Waals surface area contributed by atoms with Crippen LogP contribution in [-0.4, -0.2) is 82.3 Å². The highest BCUT2D eigenvalue weighted by atomic mass is 16.7. The van der Waals surface area contributed by atoms with Gasteiger partial charge in [-0.25, -0.2) is 0 Å². The van der Waals surface area contributed by atoms with Crippen molar-refractivity contribution < 1.29 is 39.4 Å². The molecule has 3 saturated heterocycles. The lowest BCUT2D eigenvalue weighted by Gasteiger charge is -2.61. The first-order chi connectivity index (χ1) is 19.5. The topological polar surface area (TPSA) is 118 Å². The molecule has 0 unspecified atom stereocenters. The minimum Gasteiger partial charge on any atom is -0.394 e. The van der Waals surface area contributed by atoms with E-state index in [0.29, 0.717) is 35.2 Å². The second-order valence-electron chi connectivity index (χ2n) is 15.9. The van der Waals surface area contributed by atoms with Gasteiger partial charge in [-0.3, -0.25) is 0 Å². The lowest BCUT2D eigenvalue weighted by Crippen LogP contribution is -2.60. The van der Waals surface area contributed by atoms with E-state index in [9.17, 15) is 20.4 Å². The van der Waals surface area contributed by atoms with Gasteiger partial charge in [-0.2, -0.15) is 0 Å². The van der Waals surface area contributed by atoms with Gasteiger partial charge in [0.15, 0.2) is 12.1 Å². The highest BCUT2D eigenvalue weighted by molar-refractivity contribution is 5.15. The number of hydrogen-bond donors (Lipinski definition) is 4. The number of rotatable bonds is 3. The van der Waals surface area contributed by atoms with Crippen molar-refractivity contribution in [1.29, 1.82) is 0 Å². The van der Waals surface area contributed by atoms with Crippen molar-refractivity contribution in [3.63, 3.8) is 0 Å². The lowest BCUT2D eigenvalue weighted by atomic mass is 9.44. The molecule has 8 nitrogen and oxygen atoms in total. The SMILES string of the molecule is C[C@@H]1CC[C@]2(OC1)O[C@@H]1C[C@@H]3[C@H]4CC[C@H]5C[C@@H](O[C@H]6O[C@@H](CO)[C@H](O)[C@@H](O)[C@@H]6O)CC[C@@]5(C)[C@@H]4CC[C@@]3(C)[C@@H]1[C@H]2C. The Morgan fingerprint density at radius 1 is 0.829 bits per heavy atom. The van der Waals surface area contributed by atoms with Crippen molar-refractivity contribution in [2.45, 2.75) is 141 Å². The zero-order chi connectivity index (χ0) is 28.9. The Balaban J connectivity index is 1.03. The molecule has 4 saturated carbocycles. The molecule has 17 atom stereocenters. The average molecular weight is 579 g/mol. The van der Waals surface area contributed by atoms with Gasteiger partial charge < -0.3 is 39.4 Å². The predicted molar refractivity (Wildman–Crippen MR) is 150 cm³/mol. The Kier molecular flexibility index (Phi) is 7.43. The number of aliphatic hydroxyl groups is 4. The van der Waals surface area contributed by atoms with Crippen molar-refractivity contribution in [3.05, 3.63) is 0 Å². The molecule has 4 N–H and O–H groups in total. The molecule has 0 aromatic carbocycles. The molecule has 0 amide bonds. The van der Waals surface area contributed by atoms with Crippen LogP contribution in [0.1, 0.15) is 91.9 Å². The first-order valence-electron chi connectivity index (χ1n) is 16.8. The third kappa shape index (κ3) is 4.36. The molecule has 3 aliphatic heterocycles. The molecule has 0 radical (unpaired) electrons. The van der Waals surface area contributed by atoms with Crippen LogP contribution in [-0.2, 0) is 18.9 Å². The van der Waals surface area contributed by atoms with E-state index in [0.717, 1.165) is 50.0 Å². The maximum atomic E-state index is 10.5. The standard InChI is InChI=1S/C33H54O8/c1-17-7-12-33(38-16-17)18(2)26-24(41-33)14-23-21-6-5-19-13-20(8-10-31(19,3)22(21)9-11-32(23,26)4)39-30-29(37)28(36)27(35)25(15-34)40-30/h17-30,34-37H,5-16H2,1-4H3/t17-,18-,19+,20+,21+,22-,23-,24-,25+,26-,27+,28-,29+,30+,31-,32-,33+/m1/s1. The van der Waals surface area contributed by atoms with Gasteiger partial charge in [0.2, 0.25) is 0 Å². The van der Waals surface area contributed by atoms with E-state index < -0.39 is 37.3 Å². The van der Waals surface area contributed by atoms with Crippen LogP contribution >= 0.6 is 0 Å². The van der Waals surface area contributed by atoms with Crippen molar-refractivity contribution >= 4 is 0 Å². The third-order valence-electron chi connectivity index (χ3n) is 14.1. The molecule has 234 valence electrons. The second kappa shape index (κ2) is 10.4. The quantitative estimate of drug-likeness (QED) is 0.375. The summed E-state index contributed by atoms with van der Waals surface area (Å²) in [6.07, 6.45) is 5.64. The predicted octanol–water partition coefficient (Wildman–Crippen LogP) is 3.62. The van der Waals surface area contributed by atoms with Crippen LogP contribution in [0.5, 0.6) is 0 Å². The summed E-state index contributed by atoms with van der Waals surface area (Å²) in [5.41, 5.74) is 0.612. The van der Waals surface area contributed by atoms with Gasteiger partial charge in [-0.15, -0.1) is 0 Å². The van der Waals surface area contributed by atoms with E-state index in [4.69, 9.17) is 18.9 Å². The van der Waals surface area contributed by atoms with Crippen LogP contribution in [0.2, 0.25) is 0 Å². The molecule has 7 aliphatic rings. The maximum absolute atomic E-state index is 10.5. The van der Waals surface area contributed by atoms with Crippen molar-refractivity contribution in [2.75, 3.05) is 13.2 Å². The van der Waals surface area contributed by atoms with Gasteiger partial charge >= 0.3 is 0 Å². The summed E-state index contributed by atoms with van der Waals surface area (Å²) in [5.74, 6) is 4.08. The van der Waals surface area contributed by atoms with E-state index in [1.54, 1.807) is 0 Å². The second-order valence-corrected chi connectivity index (χ2v) is 15.9. The van der Waals surface area contributed by atoms with Gasteiger partial charge in [0, 0.05) is 12.3 Å². The minimum absolute atomic E-state index is 0.0607. The van der Waals surface area contributed by atoms with E-state index in [-0.39, 0.29) is 17.3 Å². The molecule has 0 bridgehead atoms. The Labute approximate surface area is 245 Å². The van der Waals surface area contributed by atoms with Crippen LogP contribution in [0, 0.1) is 52.3 Å². The zero-order valence-corrected chi connectivity index (χ0v) is 25.5. The minimum atomic E-state index is -1.40. The lowest BCUT2D eigenvalue weighted by molar-refractivity contribution is -0.316. The fourth-order valence-electron chi connectivity index (χ4n) is 11.7. The van der Waals surface area contributed by atoms with Crippen molar-refractivity contribution in [3.8, 4) is 0 Å². The molecule has 1 spiro atoms. The van der Waals surface area contributed by atoms with Crippen molar-refractivity contribution in [1.82, 2.24) is 0 Å². The van der Waals surface area contributed by atoms with Crippen LogP contribution in [0.15, 0.2) is 0 Å². The Bertz CT molecular complexity index is 967. The molecule has 4 aliphatic carbocycles. The molecule has 7 rings (SSSR count). The van der Waals surface area contributed by atoms with Gasteiger partial charge in [0.1, 0.15) is 24.4 Å². The van der Waals surface area contributed by atoms with Gasteiger partial charge in [-0.1, -0.05) is 27.7 Å². The van der Waals surface area contributed by atoms with Crippen LogP contribution < -0.4 is 0 Å². The molecular formula is C33H54O8. The third-order valence-corrected chi connectivity index (χ3v) is 14.1. The largest absolute Gasteiger partial charge is 0.394 e. The fourth-order valence-corrected chi connectivity index (χ4v) is 11.7. The molecule has 0 aromatic rings. The number of ether oxygens (including phenoxy) is 4. The summed E-state index contributed by atoms with van der Waals surface area (Å²) >= 11 is 0. The molecule has 7 fully saturated rings. The molecule has 0 aromatic heterocycles. The van der Waals surface area contributed by atoms with Crippen LogP contribution in [0.25, 0.3) is 0 Å². The van der Waals surface area contributed by atoms with Gasteiger partial charge in [0.25, 0.3) is 0 Å². The number of aliphatic hydroxyl groups excluding tert-OH is 4. The molecular weight excluding hydrogens is 524 g/mol. The van der Waals surface area contributed by atoms with Crippen LogP contribution in [0.3, 0.4) is 0 Å². The molecule has 3 heterocycles. The van der Waals surface area contributed by atoms with Gasteiger partial charge in [0.05, 0.1) is 25.4 Å². The fraction of sp³-hybridized carbons (Fsp3) is 1.00. The molecule has 8 heteroatoms. The summed E-state index contributed by atoms with van der Waals surface area (Å²) < 4.78 is 25.4. The monoisotopic (exact) mass is 578 g/mol. The van der Waals surface area contributed by atoms with E-state index in [1.807, 2.05) is 0 Å².